The van der Waals surface area contributed by atoms with Crippen molar-refractivity contribution in [3.8, 4) is 0 Å². The van der Waals surface area contributed by atoms with Crippen LogP contribution in [0.15, 0.2) is 12.3 Å². The quantitative estimate of drug-likeness (QED) is 0.569. The van der Waals surface area contributed by atoms with Crippen molar-refractivity contribution in [2.45, 2.75) is 25.3 Å². The lowest BCUT2D eigenvalue weighted by Crippen LogP contribution is -2.31. The molecular formula is C7H11NO2. The lowest BCUT2D eigenvalue weighted by Gasteiger charge is -2.25. The molecule has 0 bridgehead atoms. The number of carboxylic acids is 1. The van der Waals surface area contributed by atoms with E-state index in [1.54, 1.807) is 0 Å². The third kappa shape index (κ3) is 2.09. The monoisotopic (exact) mass is 141 g/mol. The van der Waals surface area contributed by atoms with Gasteiger partial charge in [0.1, 0.15) is 0 Å². The SMILES string of the molecule is O=C(O)/C=C/NC1CCC1. The number of hydrogen-bond donors (Lipinski definition) is 2. The molecule has 1 aliphatic rings. The van der Waals surface area contributed by atoms with Crippen LogP contribution >= 0.6 is 0 Å². The summed E-state index contributed by atoms with van der Waals surface area (Å²) in [6.07, 6.45) is 6.23. The van der Waals surface area contributed by atoms with E-state index in [2.05, 4.69) is 5.32 Å². The Balaban J connectivity index is 2.08. The molecule has 1 rings (SSSR count). The minimum atomic E-state index is -0.896. The van der Waals surface area contributed by atoms with Gasteiger partial charge in [-0.1, -0.05) is 0 Å². The van der Waals surface area contributed by atoms with Crippen LogP contribution in [0.3, 0.4) is 0 Å². The zero-order chi connectivity index (χ0) is 7.40. The van der Waals surface area contributed by atoms with Crippen LogP contribution in [0.25, 0.3) is 0 Å². The Labute approximate surface area is 59.7 Å². The number of aliphatic carboxylic acids is 1. The molecule has 0 aromatic carbocycles. The fraction of sp³-hybridized carbons (Fsp3) is 0.571. The molecule has 3 heteroatoms. The van der Waals surface area contributed by atoms with Crippen LogP contribution in [0.1, 0.15) is 19.3 Å². The highest BCUT2D eigenvalue weighted by Gasteiger charge is 2.14. The fourth-order valence-corrected chi connectivity index (χ4v) is 0.830. The van der Waals surface area contributed by atoms with Gasteiger partial charge in [0.25, 0.3) is 0 Å². The summed E-state index contributed by atoms with van der Waals surface area (Å²) in [6, 6.07) is 0.524. The molecule has 2 N–H and O–H groups in total. The number of carboxylic acid groups (broad SMARTS) is 1. The van der Waals surface area contributed by atoms with E-state index in [1.165, 1.54) is 25.5 Å². The van der Waals surface area contributed by atoms with E-state index in [4.69, 9.17) is 5.11 Å². The maximum atomic E-state index is 9.96. The van der Waals surface area contributed by atoms with Crippen molar-refractivity contribution in [3.63, 3.8) is 0 Å². The van der Waals surface area contributed by atoms with Gasteiger partial charge in [-0.25, -0.2) is 4.79 Å². The molecule has 0 atom stereocenters. The largest absolute Gasteiger partial charge is 0.478 e. The molecule has 0 unspecified atom stereocenters. The van der Waals surface area contributed by atoms with Gasteiger partial charge in [0.15, 0.2) is 0 Å². The predicted octanol–water partition coefficient (Wildman–Crippen LogP) is 0.727. The first kappa shape index (κ1) is 7.12. The molecule has 3 nitrogen and oxygen atoms in total. The zero-order valence-corrected chi connectivity index (χ0v) is 5.71. The van der Waals surface area contributed by atoms with Crippen LogP contribution in [0.4, 0.5) is 0 Å². The summed E-state index contributed by atoms with van der Waals surface area (Å²) < 4.78 is 0. The second kappa shape index (κ2) is 3.25. The Morgan fingerprint density at radius 2 is 2.30 bits per heavy atom. The van der Waals surface area contributed by atoms with Crippen LogP contribution in [-0.2, 0) is 4.79 Å². The number of hydrogen-bond acceptors (Lipinski definition) is 2. The highest BCUT2D eigenvalue weighted by atomic mass is 16.4. The highest BCUT2D eigenvalue weighted by Crippen LogP contribution is 2.17. The lowest BCUT2D eigenvalue weighted by atomic mass is 9.93. The Morgan fingerprint density at radius 3 is 2.70 bits per heavy atom. The fourth-order valence-electron chi connectivity index (χ4n) is 0.830. The van der Waals surface area contributed by atoms with Crippen LogP contribution in [0.5, 0.6) is 0 Å². The van der Waals surface area contributed by atoms with Gasteiger partial charge >= 0.3 is 5.97 Å². The highest BCUT2D eigenvalue weighted by molar-refractivity contribution is 5.79. The molecule has 0 aliphatic heterocycles. The molecule has 1 fully saturated rings. The average molecular weight is 141 g/mol. The Morgan fingerprint density at radius 1 is 1.60 bits per heavy atom. The Hall–Kier alpha value is -0.990. The van der Waals surface area contributed by atoms with Gasteiger partial charge in [0, 0.05) is 18.3 Å². The van der Waals surface area contributed by atoms with Crippen molar-refractivity contribution in [2.24, 2.45) is 0 Å². The van der Waals surface area contributed by atoms with Crippen LogP contribution < -0.4 is 5.32 Å². The van der Waals surface area contributed by atoms with Gasteiger partial charge < -0.3 is 10.4 Å². The van der Waals surface area contributed by atoms with Crippen molar-refractivity contribution >= 4 is 5.97 Å². The summed E-state index contributed by atoms with van der Waals surface area (Å²) in [5.74, 6) is -0.896. The van der Waals surface area contributed by atoms with Gasteiger partial charge in [0.2, 0.25) is 0 Å². The van der Waals surface area contributed by atoms with Crippen LogP contribution in [0.2, 0.25) is 0 Å². The van der Waals surface area contributed by atoms with Gasteiger partial charge in [0.05, 0.1) is 0 Å². The molecule has 0 aromatic rings. The van der Waals surface area contributed by atoms with E-state index < -0.39 is 5.97 Å². The van der Waals surface area contributed by atoms with E-state index in [0.717, 1.165) is 6.08 Å². The normalized spacial score (nSPS) is 18.8. The van der Waals surface area contributed by atoms with Crippen LogP contribution in [-0.4, -0.2) is 17.1 Å². The van der Waals surface area contributed by atoms with Crippen molar-refractivity contribution in [3.05, 3.63) is 12.3 Å². The van der Waals surface area contributed by atoms with E-state index in [-0.39, 0.29) is 0 Å². The van der Waals surface area contributed by atoms with Crippen molar-refractivity contribution in [2.75, 3.05) is 0 Å². The molecule has 10 heavy (non-hydrogen) atoms. The minimum Gasteiger partial charge on any atom is -0.478 e. The molecule has 1 aliphatic carbocycles. The molecule has 0 aromatic heterocycles. The second-order valence-corrected chi connectivity index (χ2v) is 2.47. The van der Waals surface area contributed by atoms with E-state index in [0.29, 0.717) is 6.04 Å². The zero-order valence-electron chi connectivity index (χ0n) is 5.71. The van der Waals surface area contributed by atoms with Crippen molar-refractivity contribution < 1.29 is 9.90 Å². The van der Waals surface area contributed by atoms with Gasteiger partial charge in [-0.2, -0.15) is 0 Å². The first-order valence-electron chi connectivity index (χ1n) is 3.44. The third-order valence-electron chi connectivity index (χ3n) is 1.66. The molecule has 0 radical (unpaired) electrons. The van der Waals surface area contributed by atoms with Crippen LogP contribution in [0, 0.1) is 0 Å². The van der Waals surface area contributed by atoms with Gasteiger partial charge in [-0.15, -0.1) is 0 Å². The van der Waals surface area contributed by atoms with Crippen molar-refractivity contribution in [1.29, 1.82) is 0 Å². The summed E-state index contributed by atoms with van der Waals surface area (Å²) >= 11 is 0. The third-order valence-corrected chi connectivity index (χ3v) is 1.66. The first-order valence-corrected chi connectivity index (χ1v) is 3.44. The van der Waals surface area contributed by atoms with E-state index in [1.807, 2.05) is 0 Å². The standard InChI is InChI=1S/C7H11NO2/c9-7(10)4-5-8-6-2-1-3-6/h4-6,8H,1-3H2,(H,9,10)/b5-4+. The number of rotatable bonds is 3. The van der Waals surface area contributed by atoms with Gasteiger partial charge in [-0.3, -0.25) is 0 Å². The topological polar surface area (TPSA) is 49.3 Å². The second-order valence-electron chi connectivity index (χ2n) is 2.47. The molecule has 56 valence electrons. The van der Waals surface area contributed by atoms with Gasteiger partial charge in [-0.05, 0) is 19.3 Å². The summed E-state index contributed by atoms with van der Waals surface area (Å²) in [6.45, 7) is 0. The average Bonchev–Trinajstić information content (AvgIpc) is 1.75. The molecule has 1 saturated carbocycles. The minimum absolute atomic E-state index is 0.524. The maximum absolute atomic E-state index is 9.96. The Kier molecular flexibility index (Phi) is 2.31. The molecule has 0 saturated heterocycles. The predicted molar refractivity (Wildman–Crippen MR) is 37.6 cm³/mol. The summed E-state index contributed by atoms with van der Waals surface area (Å²) in [5.41, 5.74) is 0. The maximum Gasteiger partial charge on any atom is 0.329 e. The summed E-state index contributed by atoms with van der Waals surface area (Å²) in [5, 5.41) is 11.2. The number of nitrogens with one attached hydrogen (secondary N) is 1. The Bertz CT molecular complexity index is 150. The molecule has 0 spiro atoms. The first-order chi connectivity index (χ1) is 4.79. The molecule has 0 amide bonds. The van der Waals surface area contributed by atoms with Crippen molar-refractivity contribution in [1.82, 2.24) is 5.32 Å². The number of carbonyl (C=O) groups is 1. The summed E-state index contributed by atoms with van der Waals surface area (Å²) in [7, 11) is 0. The lowest BCUT2D eigenvalue weighted by molar-refractivity contribution is -0.131. The summed E-state index contributed by atoms with van der Waals surface area (Å²) in [4.78, 5) is 9.96. The van der Waals surface area contributed by atoms with E-state index >= 15 is 0 Å². The van der Waals surface area contributed by atoms with E-state index in [9.17, 15) is 4.79 Å². The molecule has 0 heterocycles. The smallest absolute Gasteiger partial charge is 0.329 e. The molecular weight excluding hydrogens is 130 g/mol.